The van der Waals surface area contributed by atoms with Crippen molar-refractivity contribution in [3.63, 3.8) is 0 Å². The molecule has 0 aliphatic heterocycles. The van der Waals surface area contributed by atoms with Gasteiger partial charge in [-0.15, -0.1) is 11.3 Å². The number of ketones is 1. The van der Waals surface area contributed by atoms with Gasteiger partial charge in [-0.1, -0.05) is 0 Å². The number of aromatic nitrogens is 1. The third kappa shape index (κ3) is 3.57. The maximum absolute atomic E-state index is 11.4. The molecular formula is C15H17NO3S. The van der Waals surface area contributed by atoms with Crippen LogP contribution in [0.3, 0.4) is 0 Å². The predicted octanol–water partition coefficient (Wildman–Crippen LogP) is 3.28. The highest BCUT2D eigenvalue weighted by molar-refractivity contribution is 7.13. The first-order chi connectivity index (χ1) is 9.60. The van der Waals surface area contributed by atoms with E-state index in [0.29, 0.717) is 13.0 Å². The molecule has 0 unspecified atom stereocenters. The summed E-state index contributed by atoms with van der Waals surface area (Å²) in [4.78, 5) is 16.5. The smallest absolute Gasteiger partial charge is 0.171 e. The van der Waals surface area contributed by atoms with Gasteiger partial charge in [0.2, 0.25) is 0 Å². The topological polar surface area (TPSA) is 48.4 Å². The second-order valence-corrected chi connectivity index (χ2v) is 5.44. The monoisotopic (exact) mass is 291 g/mol. The van der Waals surface area contributed by atoms with Gasteiger partial charge in [-0.25, -0.2) is 4.98 Å². The molecular weight excluding hydrogens is 274 g/mol. The van der Waals surface area contributed by atoms with Gasteiger partial charge in [-0.2, -0.15) is 0 Å². The molecule has 0 N–H and O–H groups in total. The zero-order valence-electron chi connectivity index (χ0n) is 11.8. The first-order valence-corrected chi connectivity index (χ1v) is 7.16. The lowest BCUT2D eigenvalue weighted by atomic mass is 10.3. The van der Waals surface area contributed by atoms with E-state index in [-0.39, 0.29) is 5.78 Å². The normalized spacial score (nSPS) is 10.3. The molecule has 1 aromatic heterocycles. The van der Waals surface area contributed by atoms with Gasteiger partial charge < -0.3 is 9.47 Å². The van der Waals surface area contributed by atoms with Crippen LogP contribution in [0.15, 0.2) is 24.3 Å². The summed E-state index contributed by atoms with van der Waals surface area (Å²) >= 11 is 1.45. The summed E-state index contributed by atoms with van der Waals surface area (Å²) < 4.78 is 10.7. The number of methoxy groups -OCH3 is 1. The van der Waals surface area contributed by atoms with Crippen molar-refractivity contribution in [2.45, 2.75) is 20.3 Å². The van der Waals surface area contributed by atoms with Crippen LogP contribution in [0.4, 0.5) is 0 Å². The van der Waals surface area contributed by atoms with Crippen molar-refractivity contribution in [1.82, 2.24) is 4.98 Å². The zero-order valence-corrected chi connectivity index (χ0v) is 12.6. The standard InChI is InChI=1S/C15H17NO3S/c1-10-15(11(2)17)20-14(16-10)8-9-19-13-6-4-12(18-3)5-7-13/h4-7H,8-9H2,1-3H3. The Morgan fingerprint density at radius 3 is 2.45 bits per heavy atom. The Hall–Kier alpha value is -1.88. The van der Waals surface area contributed by atoms with Crippen molar-refractivity contribution in [2.75, 3.05) is 13.7 Å². The molecule has 5 heteroatoms. The van der Waals surface area contributed by atoms with Crippen LogP contribution in [0.1, 0.15) is 27.3 Å². The summed E-state index contributed by atoms with van der Waals surface area (Å²) in [6.45, 7) is 3.97. The largest absolute Gasteiger partial charge is 0.497 e. The van der Waals surface area contributed by atoms with Gasteiger partial charge >= 0.3 is 0 Å². The van der Waals surface area contributed by atoms with Crippen molar-refractivity contribution >= 4 is 17.1 Å². The predicted molar refractivity (Wildman–Crippen MR) is 79.0 cm³/mol. The molecule has 0 atom stereocenters. The van der Waals surface area contributed by atoms with Crippen LogP contribution in [-0.4, -0.2) is 24.5 Å². The summed E-state index contributed by atoms with van der Waals surface area (Å²) in [6.07, 6.45) is 0.699. The quantitative estimate of drug-likeness (QED) is 0.766. The molecule has 0 radical (unpaired) electrons. The summed E-state index contributed by atoms with van der Waals surface area (Å²) in [5.41, 5.74) is 0.807. The molecule has 2 rings (SSSR count). The minimum Gasteiger partial charge on any atom is -0.497 e. The van der Waals surface area contributed by atoms with Crippen LogP contribution in [-0.2, 0) is 6.42 Å². The number of nitrogens with zero attached hydrogens (tertiary/aromatic N) is 1. The van der Waals surface area contributed by atoms with E-state index in [9.17, 15) is 4.79 Å². The van der Waals surface area contributed by atoms with Gasteiger partial charge in [0.15, 0.2) is 5.78 Å². The fourth-order valence-electron chi connectivity index (χ4n) is 1.81. The number of hydrogen-bond donors (Lipinski definition) is 0. The molecule has 1 heterocycles. The number of thiazole rings is 1. The van der Waals surface area contributed by atoms with E-state index in [1.165, 1.54) is 11.3 Å². The van der Waals surface area contributed by atoms with Crippen LogP contribution in [0.25, 0.3) is 0 Å². The highest BCUT2D eigenvalue weighted by Crippen LogP contribution is 2.20. The third-order valence-corrected chi connectivity index (χ3v) is 4.12. The number of aryl methyl sites for hydroxylation is 1. The molecule has 0 fully saturated rings. The molecule has 1 aromatic carbocycles. The minimum absolute atomic E-state index is 0.0716. The summed E-state index contributed by atoms with van der Waals surface area (Å²) in [5, 5.41) is 0.932. The second-order valence-electron chi connectivity index (χ2n) is 4.35. The number of hydrogen-bond acceptors (Lipinski definition) is 5. The first-order valence-electron chi connectivity index (χ1n) is 6.34. The Labute approximate surface area is 122 Å². The number of benzene rings is 1. The molecule has 106 valence electrons. The van der Waals surface area contributed by atoms with Crippen molar-refractivity contribution in [2.24, 2.45) is 0 Å². The molecule has 0 bridgehead atoms. The third-order valence-electron chi connectivity index (χ3n) is 2.80. The number of Topliss-reactive ketones (excluding diaryl/α,β-unsaturated/α-hetero) is 1. The van der Waals surface area contributed by atoms with E-state index in [1.54, 1.807) is 14.0 Å². The van der Waals surface area contributed by atoms with E-state index < -0.39 is 0 Å². The van der Waals surface area contributed by atoms with Crippen LogP contribution >= 0.6 is 11.3 Å². The second kappa shape index (κ2) is 6.52. The molecule has 0 amide bonds. The Bertz CT molecular complexity index is 590. The van der Waals surface area contributed by atoms with E-state index in [4.69, 9.17) is 9.47 Å². The van der Waals surface area contributed by atoms with E-state index in [1.807, 2.05) is 31.2 Å². The van der Waals surface area contributed by atoms with E-state index in [2.05, 4.69) is 4.98 Å². The fraction of sp³-hybridized carbons (Fsp3) is 0.333. The lowest BCUT2D eigenvalue weighted by Crippen LogP contribution is -2.01. The van der Waals surface area contributed by atoms with Crippen molar-refractivity contribution in [3.05, 3.63) is 39.8 Å². The fourth-order valence-corrected chi connectivity index (χ4v) is 2.75. The van der Waals surface area contributed by atoms with Gasteiger partial charge in [-0.3, -0.25) is 4.79 Å². The maximum Gasteiger partial charge on any atom is 0.171 e. The molecule has 0 aliphatic rings. The van der Waals surface area contributed by atoms with Gasteiger partial charge in [0.1, 0.15) is 11.5 Å². The van der Waals surface area contributed by atoms with E-state index in [0.717, 1.165) is 27.1 Å². The lowest BCUT2D eigenvalue weighted by molar-refractivity contribution is 0.102. The van der Waals surface area contributed by atoms with Crippen LogP contribution in [0.2, 0.25) is 0 Å². The van der Waals surface area contributed by atoms with E-state index >= 15 is 0 Å². The summed E-state index contributed by atoms with van der Waals surface area (Å²) in [5.74, 6) is 1.67. The minimum atomic E-state index is 0.0716. The molecule has 4 nitrogen and oxygen atoms in total. The molecule has 0 spiro atoms. The van der Waals surface area contributed by atoms with Crippen molar-refractivity contribution < 1.29 is 14.3 Å². The Balaban J connectivity index is 1.89. The summed E-state index contributed by atoms with van der Waals surface area (Å²) in [7, 11) is 1.63. The van der Waals surface area contributed by atoms with Crippen LogP contribution in [0, 0.1) is 6.92 Å². The van der Waals surface area contributed by atoms with Gasteiger partial charge in [-0.05, 0) is 31.2 Å². The Kier molecular flexibility index (Phi) is 4.74. The van der Waals surface area contributed by atoms with Gasteiger partial charge in [0.05, 0.1) is 29.3 Å². The number of carbonyl (C=O) groups excluding carboxylic acids is 1. The maximum atomic E-state index is 11.4. The Morgan fingerprint density at radius 1 is 1.25 bits per heavy atom. The molecule has 0 aliphatic carbocycles. The highest BCUT2D eigenvalue weighted by Gasteiger charge is 2.11. The SMILES string of the molecule is COc1ccc(OCCc2nc(C)c(C(C)=O)s2)cc1. The number of ether oxygens (including phenoxy) is 2. The van der Waals surface area contributed by atoms with Gasteiger partial charge in [0.25, 0.3) is 0 Å². The average molecular weight is 291 g/mol. The molecule has 20 heavy (non-hydrogen) atoms. The number of carbonyl (C=O) groups is 1. The molecule has 2 aromatic rings. The molecule has 0 saturated heterocycles. The van der Waals surface area contributed by atoms with Crippen LogP contribution < -0.4 is 9.47 Å². The van der Waals surface area contributed by atoms with Crippen molar-refractivity contribution in [3.8, 4) is 11.5 Å². The summed E-state index contributed by atoms with van der Waals surface area (Å²) in [6, 6.07) is 7.45. The van der Waals surface area contributed by atoms with Crippen molar-refractivity contribution in [1.29, 1.82) is 0 Å². The average Bonchev–Trinajstić information content (AvgIpc) is 2.81. The lowest BCUT2D eigenvalue weighted by Gasteiger charge is -2.05. The Morgan fingerprint density at radius 2 is 1.90 bits per heavy atom. The molecule has 0 saturated carbocycles. The number of rotatable bonds is 6. The van der Waals surface area contributed by atoms with Gasteiger partial charge in [0, 0.05) is 13.3 Å². The zero-order chi connectivity index (χ0) is 14.5. The highest BCUT2D eigenvalue weighted by atomic mass is 32.1. The first kappa shape index (κ1) is 14.5. The van der Waals surface area contributed by atoms with Crippen LogP contribution in [0.5, 0.6) is 11.5 Å².